The Kier molecular flexibility index (Phi) is 10.4. The van der Waals surface area contributed by atoms with Gasteiger partial charge in [-0.3, -0.25) is 0 Å². The fourth-order valence-corrected chi connectivity index (χ4v) is 7.59. The van der Waals surface area contributed by atoms with Gasteiger partial charge < -0.3 is 9.47 Å². The van der Waals surface area contributed by atoms with Crippen molar-refractivity contribution in [2.45, 2.75) is 44.3 Å². The third-order valence-electron chi connectivity index (χ3n) is 7.13. The van der Waals surface area contributed by atoms with Crippen molar-refractivity contribution in [2.75, 3.05) is 13.2 Å². The van der Waals surface area contributed by atoms with Gasteiger partial charge in [0.1, 0.15) is 16.6 Å². The zero-order chi connectivity index (χ0) is 31.2. The van der Waals surface area contributed by atoms with E-state index >= 15 is 0 Å². The summed E-state index contributed by atoms with van der Waals surface area (Å²) in [7, 11) is 0. The standard InChI is InChI=1S/C36H33ClFNO3S2/c1-5-41-34(40)21-42-32-17-15-29(18-23(32)3)43-33(35-24(4)39-36(44-35)27-10-6-22(2)7-11-27)19-25-8-12-26(13-9-25)28-14-16-31(38)30(37)20-28/h6-18,20,33H,5,19,21H2,1-4H3. The van der Waals surface area contributed by atoms with Crippen LogP contribution in [0.25, 0.3) is 21.7 Å². The Hall–Kier alpha value is -3.65. The van der Waals surface area contributed by atoms with Gasteiger partial charge in [-0.2, -0.15) is 0 Å². The lowest BCUT2D eigenvalue weighted by Crippen LogP contribution is -2.14. The molecule has 4 aromatic carbocycles. The van der Waals surface area contributed by atoms with E-state index < -0.39 is 5.82 Å². The van der Waals surface area contributed by atoms with E-state index in [0.29, 0.717) is 12.4 Å². The molecule has 0 saturated carbocycles. The van der Waals surface area contributed by atoms with Crippen LogP contribution in [0.15, 0.2) is 89.8 Å². The van der Waals surface area contributed by atoms with Crippen molar-refractivity contribution in [3.05, 3.63) is 123 Å². The van der Waals surface area contributed by atoms with Gasteiger partial charge >= 0.3 is 5.97 Å². The first-order chi connectivity index (χ1) is 21.2. The molecule has 0 N–H and O–H groups in total. The molecule has 0 fully saturated rings. The number of ether oxygens (including phenoxy) is 2. The van der Waals surface area contributed by atoms with E-state index in [1.807, 2.05) is 19.1 Å². The van der Waals surface area contributed by atoms with Gasteiger partial charge in [0.2, 0.25) is 0 Å². The molecule has 5 aromatic rings. The summed E-state index contributed by atoms with van der Waals surface area (Å²) in [6.45, 7) is 8.12. The van der Waals surface area contributed by atoms with Crippen LogP contribution in [0.5, 0.6) is 5.75 Å². The van der Waals surface area contributed by atoms with Gasteiger partial charge in [0.05, 0.1) is 17.3 Å². The summed E-state index contributed by atoms with van der Waals surface area (Å²) in [5.74, 6) is -0.152. The molecule has 1 heterocycles. The Morgan fingerprint density at radius 3 is 2.32 bits per heavy atom. The van der Waals surface area contributed by atoms with Crippen molar-refractivity contribution in [1.29, 1.82) is 0 Å². The van der Waals surface area contributed by atoms with Gasteiger partial charge in [-0.25, -0.2) is 14.2 Å². The smallest absolute Gasteiger partial charge is 0.344 e. The summed E-state index contributed by atoms with van der Waals surface area (Å²) in [4.78, 5) is 19.1. The van der Waals surface area contributed by atoms with Crippen molar-refractivity contribution in [3.8, 4) is 27.4 Å². The van der Waals surface area contributed by atoms with Crippen LogP contribution in [-0.4, -0.2) is 24.2 Å². The summed E-state index contributed by atoms with van der Waals surface area (Å²) in [6.07, 6.45) is 0.783. The lowest BCUT2D eigenvalue weighted by Gasteiger charge is -2.18. The fourth-order valence-electron chi connectivity index (χ4n) is 4.80. The SMILES string of the molecule is CCOC(=O)COc1ccc(SC(Cc2ccc(-c3ccc(F)c(Cl)c3)cc2)c2sc(-c3ccc(C)cc3)nc2C)cc1C. The third-order valence-corrected chi connectivity index (χ3v) is 10.1. The molecule has 1 unspecified atom stereocenters. The molecule has 0 spiro atoms. The zero-order valence-electron chi connectivity index (χ0n) is 25.0. The maximum atomic E-state index is 13.7. The number of thiazole rings is 1. The number of nitrogens with zero attached hydrogens (tertiary/aromatic N) is 1. The predicted molar refractivity (Wildman–Crippen MR) is 179 cm³/mol. The largest absolute Gasteiger partial charge is 0.482 e. The van der Waals surface area contributed by atoms with Crippen LogP contribution < -0.4 is 4.74 Å². The summed E-state index contributed by atoms with van der Waals surface area (Å²) < 4.78 is 24.4. The number of hydrogen-bond donors (Lipinski definition) is 0. The highest BCUT2D eigenvalue weighted by molar-refractivity contribution is 7.99. The molecule has 1 atom stereocenters. The van der Waals surface area contributed by atoms with Crippen LogP contribution in [0.4, 0.5) is 4.39 Å². The van der Waals surface area contributed by atoms with Crippen molar-refractivity contribution in [3.63, 3.8) is 0 Å². The molecule has 4 nitrogen and oxygen atoms in total. The fraction of sp³-hybridized carbons (Fsp3) is 0.222. The molecule has 1 aromatic heterocycles. The molecular formula is C36H33ClFNO3S2. The van der Waals surface area contributed by atoms with E-state index in [9.17, 15) is 9.18 Å². The average molecular weight is 646 g/mol. The first-order valence-electron chi connectivity index (χ1n) is 14.3. The number of carbonyl (C=O) groups excluding carboxylic acids is 1. The molecule has 226 valence electrons. The molecule has 0 aliphatic rings. The van der Waals surface area contributed by atoms with Crippen molar-refractivity contribution in [1.82, 2.24) is 4.98 Å². The minimum atomic E-state index is -0.425. The summed E-state index contributed by atoms with van der Waals surface area (Å²) in [6, 6.07) is 27.6. The molecule has 0 radical (unpaired) electrons. The number of esters is 1. The van der Waals surface area contributed by atoms with E-state index in [-0.39, 0.29) is 22.8 Å². The van der Waals surface area contributed by atoms with E-state index in [2.05, 4.69) is 68.4 Å². The Bertz CT molecular complexity index is 1750. The number of benzene rings is 4. The number of rotatable bonds is 11. The highest BCUT2D eigenvalue weighted by Gasteiger charge is 2.22. The molecule has 0 amide bonds. The van der Waals surface area contributed by atoms with Crippen LogP contribution in [0.3, 0.4) is 0 Å². The van der Waals surface area contributed by atoms with Gasteiger partial charge in [-0.05, 0) is 86.7 Å². The molecule has 8 heteroatoms. The number of hydrogen-bond acceptors (Lipinski definition) is 6. The molecule has 0 aliphatic heterocycles. The monoisotopic (exact) mass is 645 g/mol. The van der Waals surface area contributed by atoms with E-state index in [0.717, 1.165) is 44.3 Å². The number of thioether (sulfide) groups is 1. The molecular weight excluding hydrogens is 613 g/mol. The topological polar surface area (TPSA) is 48.4 Å². The molecule has 44 heavy (non-hydrogen) atoms. The van der Waals surface area contributed by atoms with Crippen LogP contribution in [0, 0.1) is 26.6 Å². The summed E-state index contributed by atoms with van der Waals surface area (Å²) in [5, 5.41) is 1.22. The van der Waals surface area contributed by atoms with Crippen molar-refractivity contribution < 1.29 is 18.7 Å². The Labute approximate surface area is 271 Å². The Morgan fingerprint density at radius 1 is 0.932 bits per heavy atom. The Balaban J connectivity index is 1.42. The number of aryl methyl sites for hydroxylation is 3. The van der Waals surface area contributed by atoms with Gasteiger partial charge in [0.15, 0.2) is 6.61 Å². The van der Waals surface area contributed by atoms with Crippen molar-refractivity contribution >= 4 is 40.7 Å². The minimum absolute atomic E-state index is 0.100. The van der Waals surface area contributed by atoms with Gasteiger partial charge in [-0.1, -0.05) is 71.8 Å². The highest BCUT2D eigenvalue weighted by Crippen LogP contribution is 2.44. The van der Waals surface area contributed by atoms with Crippen molar-refractivity contribution in [2.24, 2.45) is 0 Å². The van der Waals surface area contributed by atoms with Gasteiger partial charge in [-0.15, -0.1) is 23.1 Å². The third kappa shape index (κ3) is 7.89. The maximum Gasteiger partial charge on any atom is 0.344 e. The van der Waals surface area contributed by atoms with E-state index in [1.54, 1.807) is 42.2 Å². The lowest BCUT2D eigenvalue weighted by molar-refractivity contribution is -0.145. The molecule has 5 rings (SSSR count). The second-order valence-corrected chi connectivity index (χ2v) is 13.2. The quantitative estimate of drug-likeness (QED) is 0.106. The van der Waals surface area contributed by atoms with Crippen LogP contribution in [-0.2, 0) is 16.0 Å². The minimum Gasteiger partial charge on any atom is -0.482 e. The Morgan fingerprint density at radius 2 is 1.64 bits per heavy atom. The maximum absolute atomic E-state index is 13.7. The molecule has 0 aliphatic carbocycles. The second-order valence-electron chi connectivity index (χ2n) is 10.5. The van der Waals surface area contributed by atoms with Crippen LogP contribution >= 0.6 is 34.7 Å². The number of carbonyl (C=O) groups is 1. The molecule has 0 bridgehead atoms. The lowest BCUT2D eigenvalue weighted by atomic mass is 10.0. The average Bonchev–Trinajstić information content (AvgIpc) is 3.40. The van der Waals surface area contributed by atoms with Gasteiger partial charge in [0, 0.05) is 20.6 Å². The zero-order valence-corrected chi connectivity index (χ0v) is 27.4. The summed E-state index contributed by atoms with van der Waals surface area (Å²) >= 11 is 9.55. The molecule has 0 saturated heterocycles. The van der Waals surface area contributed by atoms with Gasteiger partial charge in [0.25, 0.3) is 0 Å². The first-order valence-corrected chi connectivity index (χ1v) is 16.4. The number of aromatic nitrogens is 1. The van der Waals surface area contributed by atoms with E-state index in [1.165, 1.54) is 22.1 Å². The normalized spacial score (nSPS) is 11.8. The van der Waals surface area contributed by atoms with Crippen LogP contribution in [0.2, 0.25) is 5.02 Å². The first kappa shape index (κ1) is 31.8. The predicted octanol–water partition coefficient (Wildman–Crippen LogP) is 10.2. The summed E-state index contributed by atoms with van der Waals surface area (Å²) in [5.41, 5.74) is 7.32. The second kappa shape index (κ2) is 14.4. The highest BCUT2D eigenvalue weighted by atomic mass is 35.5. The van der Waals surface area contributed by atoms with E-state index in [4.69, 9.17) is 26.1 Å². The van der Waals surface area contributed by atoms with Crippen LogP contribution in [0.1, 0.15) is 39.4 Å². The number of halogens is 2.